The van der Waals surface area contributed by atoms with Gasteiger partial charge in [-0.2, -0.15) is 0 Å². The minimum Gasteiger partial charge on any atom is -0.496 e. The van der Waals surface area contributed by atoms with Crippen LogP contribution in [0.4, 0.5) is 5.69 Å². The Hall–Kier alpha value is -2.47. The first kappa shape index (κ1) is 17.0. The summed E-state index contributed by atoms with van der Waals surface area (Å²) in [5, 5.41) is 0. The molecule has 0 N–H and O–H groups in total. The van der Waals surface area contributed by atoms with E-state index in [0.717, 1.165) is 67.7 Å². The summed E-state index contributed by atoms with van der Waals surface area (Å²) in [6, 6.07) is 8.25. The van der Waals surface area contributed by atoms with Gasteiger partial charge in [-0.3, -0.25) is 9.88 Å². The first-order valence-corrected chi connectivity index (χ1v) is 9.09. The molecule has 2 aliphatic heterocycles. The fourth-order valence-corrected chi connectivity index (χ4v) is 3.63. The predicted molar refractivity (Wildman–Crippen MR) is 100 cm³/mol. The normalized spacial score (nSPS) is 17.2. The van der Waals surface area contributed by atoms with Gasteiger partial charge >= 0.3 is 0 Å². The van der Waals surface area contributed by atoms with E-state index >= 15 is 0 Å². The predicted octanol–water partition coefficient (Wildman–Crippen LogP) is 2.84. The third kappa shape index (κ3) is 3.55. The number of anilines is 1. The van der Waals surface area contributed by atoms with Gasteiger partial charge in [0.15, 0.2) is 11.5 Å². The van der Waals surface area contributed by atoms with E-state index in [9.17, 15) is 0 Å². The van der Waals surface area contributed by atoms with E-state index in [0.29, 0.717) is 0 Å². The molecular formula is C20H25N3O3. The van der Waals surface area contributed by atoms with E-state index in [-0.39, 0.29) is 6.79 Å². The minimum absolute atomic E-state index is 0.284. The number of hydrogen-bond donors (Lipinski definition) is 0. The molecule has 26 heavy (non-hydrogen) atoms. The van der Waals surface area contributed by atoms with Gasteiger partial charge in [-0.1, -0.05) is 0 Å². The number of pyridine rings is 1. The van der Waals surface area contributed by atoms with E-state index in [2.05, 4.69) is 33.0 Å². The zero-order valence-corrected chi connectivity index (χ0v) is 15.4. The van der Waals surface area contributed by atoms with E-state index in [4.69, 9.17) is 14.2 Å². The van der Waals surface area contributed by atoms with E-state index in [1.807, 2.05) is 19.2 Å². The number of rotatable bonds is 4. The third-order valence-corrected chi connectivity index (χ3v) is 5.00. The van der Waals surface area contributed by atoms with Gasteiger partial charge in [-0.15, -0.1) is 0 Å². The quantitative estimate of drug-likeness (QED) is 0.840. The SMILES string of the molecule is COc1cc2c(cc1CN1CCCN(c3ccnc(C)c3)CC1)OCO2. The molecule has 0 spiro atoms. The van der Waals surface area contributed by atoms with Gasteiger partial charge in [0.2, 0.25) is 6.79 Å². The molecule has 6 heteroatoms. The van der Waals surface area contributed by atoms with Crippen molar-refractivity contribution in [2.24, 2.45) is 0 Å². The highest BCUT2D eigenvalue weighted by atomic mass is 16.7. The Labute approximate surface area is 154 Å². The Kier molecular flexibility index (Phi) is 4.84. The van der Waals surface area contributed by atoms with Crippen LogP contribution in [0.1, 0.15) is 17.7 Å². The summed E-state index contributed by atoms with van der Waals surface area (Å²) >= 11 is 0. The lowest BCUT2D eigenvalue weighted by Gasteiger charge is -2.24. The molecule has 0 amide bonds. The highest BCUT2D eigenvalue weighted by molar-refractivity contribution is 5.52. The lowest BCUT2D eigenvalue weighted by Crippen LogP contribution is -2.30. The summed E-state index contributed by atoms with van der Waals surface area (Å²) in [6.07, 6.45) is 3.03. The van der Waals surface area contributed by atoms with Crippen molar-refractivity contribution < 1.29 is 14.2 Å². The highest BCUT2D eigenvalue weighted by Gasteiger charge is 2.21. The van der Waals surface area contributed by atoms with Crippen molar-refractivity contribution in [3.63, 3.8) is 0 Å². The van der Waals surface area contributed by atoms with E-state index < -0.39 is 0 Å². The average molecular weight is 355 g/mol. The molecule has 1 aromatic heterocycles. The molecule has 0 aliphatic carbocycles. The Balaban J connectivity index is 1.45. The molecule has 0 bridgehead atoms. The lowest BCUT2D eigenvalue weighted by atomic mass is 10.1. The molecule has 1 saturated heterocycles. The van der Waals surface area contributed by atoms with Crippen LogP contribution in [-0.2, 0) is 6.54 Å². The largest absolute Gasteiger partial charge is 0.496 e. The summed E-state index contributed by atoms with van der Waals surface area (Å²) in [5.41, 5.74) is 3.47. The van der Waals surface area contributed by atoms with Crippen LogP contribution in [0.15, 0.2) is 30.5 Å². The maximum atomic E-state index is 5.57. The van der Waals surface area contributed by atoms with Crippen molar-refractivity contribution in [2.45, 2.75) is 19.9 Å². The Bertz CT molecular complexity index is 781. The van der Waals surface area contributed by atoms with Crippen LogP contribution in [0.25, 0.3) is 0 Å². The topological polar surface area (TPSA) is 47.1 Å². The first-order valence-electron chi connectivity index (χ1n) is 9.09. The van der Waals surface area contributed by atoms with Gasteiger partial charge in [-0.05, 0) is 31.5 Å². The van der Waals surface area contributed by atoms with Crippen LogP contribution < -0.4 is 19.1 Å². The van der Waals surface area contributed by atoms with Gasteiger partial charge in [0.1, 0.15) is 5.75 Å². The second-order valence-electron chi connectivity index (χ2n) is 6.79. The van der Waals surface area contributed by atoms with Crippen molar-refractivity contribution >= 4 is 5.69 Å². The van der Waals surface area contributed by atoms with Crippen LogP contribution in [0, 0.1) is 6.92 Å². The number of hydrogen-bond acceptors (Lipinski definition) is 6. The monoisotopic (exact) mass is 355 g/mol. The Morgan fingerprint density at radius 1 is 1.08 bits per heavy atom. The smallest absolute Gasteiger partial charge is 0.231 e. The second kappa shape index (κ2) is 7.41. The molecule has 0 unspecified atom stereocenters. The number of nitrogens with zero attached hydrogens (tertiary/aromatic N) is 3. The number of aromatic nitrogens is 1. The number of benzene rings is 1. The van der Waals surface area contributed by atoms with Crippen molar-refractivity contribution in [1.82, 2.24) is 9.88 Å². The Morgan fingerprint density at radius 3 is 2.73 bits per heavy atom. The van der Waals surface area contributed by atoms with Gasteiger partial charge in [-0.25, -0.2) is 0 Å². The molecule has 138 valence electrons. The van der Waals surface area contributed by atoms with Crippen LogP contribution in [0.2, 0.25) is 0 Å². The summed E-state index contributed by atoms with van der Waals surface area (Å²) in [7, 11) is 1.71. The number of methoxy groups -OCH3 is 1. The van der Waals surface area contributed by atoms with Gasteiger partial charge in [0.05, 0.1) is 7.11 Å². The van der Waals surface area contributed by atoms with E-state index in [1.54, 1.807) is 7.11 Å². The first-order chi connectivity index (χ1) is 12.7. The summed E-state index contributed by atoms with van der Waals surface area (Å²) in [4.78, 5) is 9.23. The fourth-order valence-electron chi connectivity index (χ4n) is 3.63. The molecule has 3 heterocycles. The third-order valence-electron chi connectivity index (χ3n) is 5.00. The fraction of sp³-hybridized carbons (Fsp3) is 0.450. The van der Waals surface area contributed by atoms with Crippen molar-refractivity contribution in [1.29, 1.82) is 0 Å². The minimum atomic E-state index is 0.284. The number of fused-ring (bicyclic) bond motifs is 1. The van der Waals surface area contributed by atoms with Gasteiger partial charge in [0, 0.05) is 61.9 Å². The molecule has 1 aromatic carbocycles. The van der Waals surface area contributed by atoms with Crippen LogP contribution in [-0.4, -0.2) is 50.0 Å². The summed E-state index contributed by atoms with van der Waals surface area (Å²) in [6.45, 7) is 7.33. The zero-order valence-electron chi connectivity index (χ0n) is 15.4. The molecule has 0 radical (unpaired) electrons. The summed E-state index contributed by atoms with van der Waals surface area (Å²) < 4.78 is 16.5. The average Bonchev–Trinajstić information content (AvgIpc) is 2.97. The van der Waals surface area contributed by atoms with Crippen LogP contribution in [0.5, 0.6) is 17.2 Å². The maximum Gasteiger partial charge on any atom is 0.231 e. The van der Waals surface area contributed by atoms with Crippen LogP contribution in [0.3, 0.4) is 0 Å². The highest BCUT2D eigenvalue weighted by Crippen LogP contribution is 2.38. The van der Waals surface area contributed by atoms with Gasteiger partial charge < -0.3 is 19.1 Å². The van der Waals surface area contributed by atoms with E-state index in [1.165, 1.54) is 5.69 Å². The maximum absolute atomic E-state index is 5.57. The molecule has 0 saturated carbocycles. The zero-order chi connectivity index (χ0) is 17.9. The second-order valence-corrected chi connectivity index (χ2v) is 6.79. The van der Waals surface area contributed by atoms with Gasteiger partial charge in [0.25, 0.3) is 0 Å². The Morgan fingerprint density at radius 2 is 1.92 bits per heavy atom. The lowest BCUT2D eigenvalue weighted by molar-refractivity contribution is 0.173. The molecule has 4 rings (SSSR count). The summed E-state index contributed by atoms with van der Waals surface area (Å²) in [5.74, 6) is 2.44. The van der Waals surface area contributed by atoms with Crippen molar-refractivity contribution in [3.8, 4) is 17.2 Å². The molecule has 2 aromatic rings. The molecule has 2 aliphatic rings. The number of aryl methyl sites for hydroxylation is 1. The number of ether oxygens (including phenoxy) is 3. The van der Waals surface area contributed by atoms with Crippen molar-refractivity contribution in [3.05, 3.63) is 41.7 Å². The molecule has 0 atom stereocenters. The molecule has 6 nitrogen and oxygen atoms in total. The molecular weight excluding hydrogens is 330 g/mol. The van der Waals surface area contributed by atoms with Crippen molar-refractivity contribution in [2.75, 3.05) is 45.0 Å². The van der Waals surface area contributed by atoms with Crippen LogP contribution >= 0.6 is 0 Å². The standard InChI is InChI=1S/C20H25N3O3/c1-15-10-17(4-5-21-15)23-7-3-6-22(8-9-23)13-16-11-19-20(26-14-25-19)12-18(16)24-2/h4-5,10-12H,3,6-9,13-14H2,1-2H3. The molecule has 1 fully saturated rings.